The van der Waals surface area contributed by atoms with Crippen LogP contribution in [0.5, 0.6) is 0 Å². The van der Waals surface area contributed by atoms with Crippen LogP contribution in [0.2, 0.25) is 0 Å². The third-order valence-electron chi connectivity index (χ3n) is 3.06. The van der Waals surface area contributed by atoms with Crippen LogP contribution in [0.4, 0.5) is 0 Å². The molecule has 2 rings (SSSR count). The lowest BCUT2D eigenvalue weighted by atomic mass is 9.97. The quantitative estimate of drug-likeness (QED) is 0.697. The van der Waals surface area contributed by atoms with Crippen LogP contribution in [0.1, 0.15) is 27.0 Å². The fourth-order valence-electron chi connectivity index (χ4n) is 2.07. The summed E-state index contributed by atoms with van der Waals surface area (Å²) in [5.41, 5.74) is 1.61. The molecule has 0 saturated carbocycles. The Labute approximate surface area is 117 Å². The third-order valence-corrected chi connectivity index (χ3v) is 4.04. The first kappa shape index (κ1) is 14.4. The zero-order chi connectivity index (χ0) is 14.9. The van der Waals surface area contributed by atoms with Crippen molar-refractivity contribution in [2.75, 3.05) is 0 Å². The van der Waals surface area contributed by atoms with E-state index in [9.17, 15) is 17.8 Å². The first-order chi connectivity index (χ1) is 9.30. The zero-order valence-electron chi connectivity index (χ0n) is 11.1. The van der Waals surface area contributed by atoms with E-state index in [1.807, 2.05) is 0 Å². The predicted molar refractivity (Wildman–Crippen MR) is 75.6 cm³/mol. The van der Waals surface area contributed by atoms with E-state index in [1.165, 1.54) is 13.0 Å². The molecule has 4 nitrogen and oxygen atoms in total. The van der Waals surface area contributed by atoms with Crippen molar-refractivity contribution in [3.63, 3.8) is 0 Å². The molecule has 0 bridgehead atoms. The summed E-state index contributed by atoms with van der Waals surface area (Å²) in [4.78, 5) is 12.2. The molecule has 1 N–H and O–H groups in total. The Morgan fingerprint density at radius 1 is 1.05 bits per heavy atom. The van der Waals surface area contributed by atoms with Crippen molar-refractivity contribution >= 4 is 15.9 Å². The third kappa shape index (κ3) is 2.79. The Hall–Kier alpha value is -1.98. The van der Waals surface area contributed by atoms with Crippen LogP contribution in [0.25, 0.3) is 0 Å². The maximum Gasteiger partial charge on any atom is 0.294 e. The summed E-state index contributed by atoms with van der Waals surface area (Å²) in [7, 11) is -4.35. The van der Waals surface area contributed by atoms with Crippen LogP contribution >= 0.6 is 0 Å². The summed E-state index contributed by atoms with van der Waals surface area (Å²) in [6.45, 7) is 3.19. The van der Waals surface area contributed by atoms with Crippen LogP contribution in [0.15, 0.2) is 47.4 Å². The lowest BCUT2D eigenvalue weighted by Crippen LogP contribution is -2.09. The van der Waals surface area contributed by atoms with Crippen molar-refractivity contribution in [1.82, 2.24) is 0 Å². The van der Waals surface area contributed by atoms with Gasteiger partial charge in [-0.05, 0) is 37.1 Å². The van der Waals surface area contributed by atoms with E-state index in [1.54, 1.807) is 43.3 Å². The molecular weight excluding hydrogens is 276 g/mol. The molecule has 0 heterocycles. The van der Waals surface area contributed by atoms with Crippen molar-refractivity contribution in [1.29, 1.82) is 0 Å². The van der Waals surface area contributed by atoms with Gasteiger partial charge in [0.05, 0.1) is 4.90 Å². The van der Waals surface area contributed by atoms with E-state index < -0.39 is 10.1 Å². The molecule has 0 aliphatic carbocycles. The van der Waals surface area contributed by atoms with Crippen LogP contribution in [0, 0.1) is 13.8 Å². The average Bonchev–Trinajstić information content (AvgIpc) is 2.40. The standard InChI is InChI=1S/C15H14O4S/c1-10-8-13(11(2)14(9-10)20(17,18)19)15(16)12-6-4-3-5-7-12/h3-9H,1-2H3,(H,17,18,19). The van der Waals surface area contributed by atoms with E-state index in [4.69, 9.17) is 0 Å². The number of carbonyl (C=O) groups is 1. The van der Waals surface area contributed by atoms with Gasteiger partial charge >= 0.3 is 0 Å². The minimum atomic E-state index is -4.35. The van der Waals surface area contributed by atoms with Gasteiger partial charge in [0.15, 0.2) is 5.78 Å². The van der Waals surface area contributed by atoms with Gasteiger partial charge in [0.2, 0.25) is 0 Å². The molecule has 104 valence electrons. The topological polar surface area (TPSA) is 71.4 Å². The number of ketones is 1. The first-order valence-corrected chi connectivity index (χ1v) is 7.43. The van der Waals surface area contributed by atoms with Gasteiger partial charge in [-0.1, -0.05) is 30.3 Å². The van der Waals surface area contributed by atoms with Crippen LogP contribution in [-0.2, 0) is 10.1 Å². The molecule has 0 spiro atoms. The fraction of sp³-hybridized carbons (Fsp3) is 0.133. The van der Waals surface area contributed by atoms with E-state index in [0.29, 0.717) is 11.1 Å². The highest BCUT2D eigenvalue weighted by Gasteiger charge is 2.20. The van der Waals surface area contributed by atoms with Gasteiger partial charge in [-0.3, -0.25) is 9.35 Å². The number of rotatable bonds is 3. The minimum absolute atomic E-state index is 0.225. The smallest absolute Gasteiger partial charge is 0.289 e. The van der Waals surface area contributed by atoms with Gasteiger partial charge in [0, 0.05) is 11.1 Å². The summed E-state index contributed by atoms with van der Waals surface area (Å²) in [6, 6.07) is 11.6. The molecule has 0 amide bonds. The lowest BCUT2D eigenvalue weighted by molar-refractivity contribution is 0.103. The number of carbonyl (C=O) groups excluding carboxylic acids is 1. The molecule has 20 heavy (non-hydrogen) atoms. The number of benzene rings is 2. The second-order valence-electron chi connectivity index (χ2n) is 4.61. The number of hydrogen-bond donors (Lipinski definition) is 1. The van der Waals surface area contributed by atoms with Crippen molar-refractivity contribution in [2.24, 2.45) is 0 Å². The normalized spacial score (nSPS) is 11.3. The van der Waals surface area contributed by atoms with Gasteiger partial charge < -0.3 is 0 Å². The van der Waals surface area contributed by atoms with Crippen molar-refractivity contribution < 1.29 is 17.8 Å². The SMILES string of the molecule is Cc1cc(C(=O)c2ccccc2)c(C)c(S(=O)(=O)O)c1. The maximum atomic E-state index is 12.4. The van der Waals surface area contributed by atoms with Gasteiger partial charge in [-0.2, -0.15) is 8.42 Å². The lowest BCUT2D eigenvalue weighted by Gasteiger charge is -2.10. The Kier molecular flexibility index (Phi) is 3.74. The first-order valence-electron chi connectivity index (χ1n) is 5.99. The van der Waals surface area contributed by atoms with Crippen LogP contribution in [-0.4, -0.2) is 18.8 Å². The number of hydrogen-bond acceptors (Lipinski definition) is 3. The van der Waals surface area contributed by atoms with Crippen LogP contribution < -0.4 is 0 Å². The largest absolute Gasteiger partial charge is 0.294 e. The van der Waals surface area contributed by atoms with Crippen molar-refractivity contribution in [3.05, 3.63) is 64.7 Å². The highest BCUT2D eigenvalue weighted by atomic mass is 32.2. The second-order valence-corrected chi connectivity index (χ2v) is 6.00. The Morgan fingerprint density at radius 3 is 2.20 bits per heavy atom. The predicted octanol–water partition coefficient (Wildman–Crippen LogP) is 2.78. The molecule has 0 aliphatic heterocycles. The molecule has 0 aromatic heterocycles. The maximum absolute atomic E-state index is 12.4. The van der Waals surface area contributed by atoms with Crippen molar-refractivity contribution in [2.45, 2.75) is 18.7 Å². The van der Waals surface area contributed by atoms with E-state index in [0.717, 1.165) is 0 Å². The molecule has 0 fully saturated rings. The summed E-state index contributed by atoms with van der Waals surface area (Å²) in [6.07, 6.45) is 0. The van der Waals surface area contributed by atoms with E-state index >= 15 is 0 Å². The van der Waals surface area contributed by atoms with E-state index in [-0.39, 0.29) is 21.8 Å². The fourth-order valence-corrected chi connectivity index (χ4v) is 2.91. The molecular formula is C15H14O4S. The summed E-state index contributed by atoms with van der Waals surface area (Å²) >= 11 is 0. The van der Waals surface area contributed by atoms with Gasteiger partial charge in [-0.15, -0.1) is 0 Å². The average molecular weight is 290 g/mol. The van der Waals surface area contributed by atoms with Gasteiger partial charge in [-0.25, -0.2) is 0 Å². The molecule has 0 aliphatic rings. The van der Waals surface area contributed by atoms with Gasteiger partial charge in [0.25, 0.3) is 10.1 Å². The van der Waals surface area contributed by atoms with E-state index in [2.05, 4.69) is 0 Å². The molecule has 2 aromatic carbocycles. The highest BCUT2D eigenvalue weighted by molar-refractivity contribution is 7.85. The summed E-state index contributed by atoms with van der Waals surface area (Å²) in [5.74, 6) is -0.267. The molecule has 0 unspecified atom stereocenters. The van der Waals surface area contributed by atoms with Crippen molar-refractivity contribution in [3.8, 4) is 0 Å². The second kappa shape index (κ2) is 5.19. The highest BCUT2D eigenvalue weighted by Crippen LogP contribution is 2.23. The molecule has 0 saturated heterocycles. The molecule has 0 radical (unpaired) electrons. The Morgan fingerprint density at radius 2 is 1.65 bits per heavy atom. The van der Waals surface area contributed by atoms with Crippen LogP contribution in [0.3, 0.4) is 0 Å². The number of aryl methyl sites for hydroxylation is 1. The molecule has 2 aromatic rings. The Balaban J connectivity index is 2.65. The minimum Gasteiger partial charge on any atom is -0.289 e. The monoisotopic (exact) mass is 290 g/mol. The van der Waals surface area contributed by atoms with Gasteiger partial charge in [0.1, 0.15) is 0 Å². The summed E-state index contributed by atoms with van der Waals surface area (Å²) in [5, 5.41) is 0. The summed E-state index contributed by atoms with van der Waals surface area (Å²) < 4.78 is 32.0. The zero-order valence-corrected chi connectivity index (χ0v) is 11.9. The Bertz CT molecular complexity index is 762. The molecule has 0 atom stereocenters. The molecule has 5 heteroatoms.